The minimum Gasteiger partial charge on any atom is -0.493 e. The minimum atomic E-state index is -0.457. The molecule has 0 radical (unpaired) electrons. The second kappa shape index (κ2) is 9.16. The van der Waals surface area contributed by atoms with Crippen LogP contribution in [0.25, 0.3) is 6.08 Å². The van der Waals surface area contributed by atoms with E-state index in [1.165, 1.54) is 37.1 Å². The fourth-order valence-electron chi connectivity index (χ4n) is 2.84. The molecule has 2 aromatic rings. The number of benzene rings is 2. The van der Waals surface area contributed by atoms with Crippen LogP contribution in [0.3, 0.4) is 0 Å². The van der Waals surface area contributed by atoms with E-state index in [0.29, 0.717) is 33.2 Å². The van der Waals surface area contributed by atoms with E-state index in [9.17, 15) is 9.59 Å². The number of rotatable bonds is 5. The number of carbonyl (C=O) groups excluding carboxylic acids is 2. The van der Waals surface area contributed by atoms with Crippen LogP contribution in [-0.2, 0) is 16.2 Å². The van der Waals surface area contributed by atoms with E-state index >= 15 is 0 Å². The number of thiocarbonyl (C=S) groups is 1. The maximum absolute atomic E-state index is 12.5. The molecule has 0 unspecified atom stereocenters. The summed E-state index contributed by atoms with van der Waals surface area (Å²) in [5, 5.41) is 0.811. The average Bonchev–Trinajstić information content (AvgIpc) is 2.74. The van der Waals surface area contributed by atoms with Crippen molar-refractivity contribution < 1.29 is 19.1 Å². The van der Waals surface area contributed by atoms with Crippen molar-refractivity contribution in [3.8, 4) is 11.5 Å². The Labute approximate surface area is 193 Å². The van der Waals surface area contributed by atoms with Crippen LogP contribution >= 0.6 is 39.7 Å². The van der Waals surface area contributed by atoms with Crippen molar-refractivity contribution in [2.24, 2.45) is 0 Å². The lowest BCUT2D eigenvalue weighted by Gasteiger charge is -2.31. The van der Waals surface area contributed by atoms with Crippen molar-refractivity contribution in [3.63, 3.8) is 0 Å². The lowest BCUT2D eigenvalue weighted by molar-refractivity contribution is -0.132. The Morgan fingerprint density at radius 1 is 1.10 bits per heavy atom. The molecule has 2 aromatic carbocycles. The van der Waals surface area contributed by atoms with Gasteiger partial charge in [0.1, 0.15) is 12.2 Å². The minimum absolute atomic E-state index is 0.0115. The van der Waals surface area contributed by atoms with E-state index in [1.54, 1.807) is 24.3 Å². The molecule has 0 N–H and O–H groups in total. The van der Waals surface area contributed by atoms with Crippen LogP contribution in [0.2, 0.25) is 5.02 Å². The molecule has 1 fully saturated rings. The maximum atomic E-state index is 12.5. The molecule has 1 aliphatic heterocycles. The molecule has 1 heterocycles. The van der Waals surface area contributed by atoms with Gasteiger partial charge in [0.25, 0.3) is 11.8 Å². The summed E-state index contributed by atoms with van der Waals surface area (Å²) >= 11 is 14.5. The highest BCUT2D eigenvalue weighted by molar-refractivity contribution is 9.10. The summed E-state index contributed by atoms with van der Waals surface area (Å²) < 4.78 is 12.0. The summed E-state index contributed by atoms with van der Waals surface area (Å²) in [6, 6.07) is 10.8. The molecule has 0 aromatic heterocycles. The molecule has 6 nitrogen and oxygen atoms in total. The van der Waals surface area contributed by atoms with E-state index in [-0.39, 0.29) is 10.7 Å². The number of hydrogen-bond donors (Lipinski definition) is 0. The smallest absolute Gasteiger partial charge is 0.265 e. The molecular weight excluding hydrogens is 492 g/mol. The monoisotopic (exact) mass is 508 g/mol. The third-order valence-corrected chi connectivity index (χ3v) is 5.89. The van der Waals surface area contributed by atoms with Crippen LogP contribution < -0.4 is 9.47 Å². The second-order valence-corrected chi connectivity index (χ2v) is 8.17. The topological polar surface area (TPSA) is 59.1 Å². The Morgan fingerprint density at radius 3 is 2.27 bits per heavy atom. The van der Waals surface area contributed by atoms with Gasteiger partial charge in [0.05, 0.1) is 11.6 Å². The summed E-state index contributed by atoms with van der Waals surface area (Å²) in [4.78, 5) is 27.6. The Kier molecular flexibility index (Phi) is 6.80. The molecule has 2 amide bonds. The molecule has 0 bridgehead atoms. The first-order valence-electron chi connectivity index (χ1n) is 8.79. The molecule has 30 heavy (non-hydrogen) atoms. The number of amides is 2. The molecule has 3 rings (SSSR count). The van der Waals surface area contributed by atoms with E-state index < -0.39 is 11.8 Å². The van der Waals surface area contributed by atoms with E-state index in [4.69, 9.17) is 33.3 Å². The van der Waals surface area contributed by atoms with Crippen LogP contribution in [0, 0.1) is 0 Å². The van der Waals surface area contributed by atoms with Crippen molar-refractivity contribution in [2.75, 3.05) is 21.2 Å². The third kappa shape index (κ3) is 4.50. The number of ether oxygens (including phenoxy) is 2. The summed E-state index contributed by atoms with van der Waals surface area (Å²) in [6.07, 6.45) is 1.51. The van der Waals surface area contributed by atoms with Gasteiger partial charge in [0.15, 0.2) is 16.6 Å². The Hall–Kier alpha value is -2.42. The lowest BCUT2D eigenvalue weighted by Crippen LogP contribution is -2.52. The van der Waals surface area contributed by atoms with Gasteiger partial charge in [-0.2, -0.15) is 0 Å². The van der Waals surface area contributed by atoms with E-state index in [0.717, 1.165) is 5.56 Å². The van der Waals surface area contributed by atoms with Gasteiger partial charge in [-0.25, -0.2) is 0 Å². The van der Waals surface area contributed by atoms with Gasteiger partial charge in [0, 0.05) is 19.1 Å². The Morgan fingerprint density at radius 2 is 1.70 bits per heavy atom. The first-order chi connectivity index (χ1) is 14.2. The first kappa shape index (κ1) is 22.3. The van der Waals surface area contributed by atoms with Gasteiger partial charge >= 0.3 is 0 Å². The largest absolute Gasteiger partial charge is 0.493 e. The predicted octanol–water partition coefficient (Wildman–Crippen LogP) is 4.29. The molecule has 0 spiro atoms. The van der Waals surface area contributed by atoms with Crippen molar-refractivity contribution in [1.29, 1.82) is 0 Å². The molecular formula is C21H18BrClN2O4S. The van der Waals surface area contributed by atoms with Crippen LogP contribution in [0.15, 0.2) is 46.4 Å². The quantitative estimate of drug-likeness (QED) is 0.342. The van der Waals surface area contributed by atoms with Gasteiger partial charge in [-0.15, -0.1) is 0 Å². The second-order valence-electron chi connectivity index (χ2n) is 6.52. The highest BCUT2D eigenvalue weighted by Gasteiger charge is 2.35. The van der Waals surface area contributed by atoms with Crippen molar-refractivity contribution >= 4 is 62.8 Å². The molecule has 1 aliphatic rings. The van der Waals surface area contributed by atoms with Crippen LogP contribution in [0.4, 0.5) is 0 Å². The van der Waals surface area contributed by atoms with E-state index in [1.807, 2.05) is 12.1 Å². The Bertz CT molecular complexity index is 1030. The van der Waals surface area contributed by atoms with Crippen molar-refractivity contribution in [1.82, 2.24) is 9.80 Å². The van der Waals surface area contributed by atoms with Crippen LogP contribution in [0.1, 0.15) is 11.1 Å². The fourth-order valence-corrected chi connectivity index (χ4v) is 3.71. The van der Waals surface area contributed by atoms with Gasteiger partial charge < -0.3 is 9.47 Å². The van der Waals surface area contributed by atoms with Crippen molar-refractivity contribution in [2.45, 2.75) is 6.61 Å². The zero-order chi connectivity index (χ0) is 22.0. The molecule has 1 saturated heterocycles. The maximum Gasteiger partial charge on any atom is 0.265 e. The number of carbonyl (C=O) groups is 2. The van der Waals surface area contributed by atoms with Gasteiger partial charge in [-0.3, -0.25) is 19.4 Å². The fraction of sp³-hybridized carbons (Fsp3) is 0.190. The standard InChI is InChI=1S/C21H18BrClN2O4S/c1-24-19(26)15(20(27)25(2)21(24)30)8-13-9-16(22)18(17(10-13)28-3)29-11-12-4-6-14(23)7-5-12/h4-10H,11H2,1-3H3. The van der Waals surface area contributed by atoms with Crippen molar-refractivity contribution in [3.05, 3.63) is 62.6 Å². The van der Waals surface area contributed by atoms with Gasteiger partial charge in [0.2, 0.25) is 0 Å². The third-order valence-electron chi connectivity index (χ3n) is 4.50. The predicted molar refractivity (Wildman–Crippen MR) is 123 cm³/mol. The summed E-state index contributed by atoms with van der Waals surface area (Å²) in [6.45, 7) is 0.316. The summed E-state index contributed by atoms with van der Waals surface area (Å²) in [7, 11) is 4.59. The van der Waals surface area contributed by atoms with E-state index in [2.05, 4.69) is 15.9 Å². The summed E-state index contributed by atoms with van der Waals surface area (Å²) in [5.41, 5.74) is 1.56. The van der Waals surface area contributed by atoms with Crippen LogP contribution in [0.5, 0.6) is 11.5 Å². The highest BCUT2D eigenvalue weighted by atomic mass is 79.9. The molecule has 0 saturated carbocycles. The highest BCUT2D eigenvalue weighted by Crippen LogP contribution is 2.38. The Balaban J connectivity index is 1.90. The van der Waals surface area contributed by atoms with Crippen LogP contribution in [-0.4, -0.2) is 47.9 Å². The number of likely N-dealkylation sites (N-methyl/N-ethyl adjacent to an activating group) is 2. The normalized spacial score (nSPS) is 14.3. The first-order valence-corrected chi connectivity index (χ1v) is 10.4. The lowest BCUT2D eigenvalue weighted by atomic mass is 10.1. The number of halogens is 2. The number of hydrogen-bond acceptors (Lipinski definition) is 5. The number of methoxy groups -OCH3 is 1. The van der Waals surface area contributed by atoms with Gasteiger partial charge in [-0.1, -0.05) is 23.7 Å². The zero-order valence-corrected chi connectivity index (χ0v) is 19.6. The zero-order valence-electron chi connectivity index (χ0n) is 16.4. The average molecular weight is 510 g/mol. The SMILES string of the molecule is COc1cc(C=C2C(=O)N(C)C(=S)N(C)C2=O)cc(Br)c1OCc1ccc(Cl)cc1. The van der Waals surface area contributed by atoms with Gasteiger partial charge in [-0.05, 0) is 69.6 Å². The molecule has 156 valence electrons. The summed E-state index contributed by atoms with van der Waals surface area (Å²) in [5.74, 6) is 0.0481. The number of nitrogens with zero attached hydrogens (tertiary/aromatic N) is 2. The molecule has 9 heteroatoms. The molecule has 0 aliphatic carbocycles. The molecule has 0 atom stereocenters.